The van der Waals surface area contributed by atoms with Crippen LogP contribution in [0, 0.1) is 18.8 Å². The van der Waals surface area contributed by atoms with Crippen molar-refractivity contribution in [1.82, 2.24) is 4.98 Å². The lowest BCUT2D eigenvalue weighted by Gasteiger charge is -2.18. The molecule has 2 aromatic carbocycles. The van der Waals surface area contributed by atoms with Crippen LogP contribution in [0.15, 0.2) is 54.6 Å². The Hall–Kier alpha value is -2.75. The first-order valence-corrected chi connectivity index (χ1v) is 11.9. The van der Waals surface area contributed by atoms with Gasteiger partial charge in [-0.15, -0.1) is 0 Å². The summed E-state index contributed by atoms with van der Waals surface area (Å²) in [5.74, 6) is 2.52. The molecule has 0 spiro atoms. The van der Waals surface area contributed by atoms with Gasteiger partial charge in [-0.3, -0.25) is 4.98 Å². The van der Waals surface area contributed by atoms with E-state index in [1.165, 1.54) is 0 Å². The van der Waals surface area contributed by atoms with Gasteiger partial charge in [-0.2, -0.15) is 0 Å². The second kappa shape index (κ2) is 11.9. The van der Waals surface area contributed by atoms with Crippen LogP contribution in [-0.4, -0.2) is 26.0 Å². The van der Waals surface area contributed by atoms with Crippen molar-refractivity contribution in [3.8, 4) is 33.9 Å². The minimum Gasteiger partial charge on any atom is -0.489 e. The van der Waals surface area contributed by atoms with Crippen molar-refractivity contribution >= 4 is 7.85 Å². The third-order valence-electron chi connectivity index (χ3n) is 6.01. The minimum atomic E-state index is 0.441. The molecule has 3 rings (SSSR count). The number of pyridine rings is 1. The summed E-state index contributed by atoms with van der Waals surface area (Å²) in [4.78, 5) is 4.48. The zero-order chi connectivity index (χ0) is 23.8. The van der Waals surface area contributed by atoms with Crippen molar-refractivity contribution in [2.24, 2.45) is 11.8 Å². The van der Waals surface area contributed by atoms with Crippen LogP contribution in [0.3, 0.4) is 0 Å². The maximum Gasteiger partial charge on any atom is 0.161 e. The Morgan fingerprint density at radius 2 is 1.48 bits per heavy atom. The summed E-state index contributed by atoms with van der Waals surface area (Å²) in [6, 6.07) is 18.1. The molecule has 0 N–H and O–H groups in total. The largest absolute Gasteiger partial charge is 0.489 e. The van der Waals surface area contributed by atoms with E-state index in [1.54, 1.807) is 6.07 Å². The molecule has 4 radical (unpaired) electrons. The molecule has 1 aromatic heterocycles. The van der Waals surface area contributed by atoms with Gasteiger partial charge in [0.1, 0.15) is 0 Å². The molecule has 0 saturated heterocycles. The van der Waals surface area contributed by atoms with E-state index in [1.807, 2.05) is 18.2 Å². The molecule has 0 aliphatic rings. The Morgan fingerprint density at radius 3 is 2.12 bits per heavy atom. The van der Waals surface area contributed by atoms with Gasteiger partial charge in [-0.05, 0) is 53.3 Å². The lowest BCUT2D eigenvalue weighted by Crippen LogP contribution is -2.11. The number of ether oxygens (including phenoxy) is 2. The van der Waals surface area contributed by atoms with Crippen LogP contribution >= 0.6 is 0 Å². The van der Waals surface area contributed by atoms with Gasteiger partial charge < -0.3 is 9.47 Å². The van der Waals surface area contributed by atoms with Gasteiger partial charge >= 0.3 is 0 Å². The van der Waals surface area contributed by atoms with E-state index in [4.69, 9.17) is 24.2 Å². The number of hydrogen-bond acceptors (Lipinski definition) is 3. The summed E-state index contributed by atoms with van der Waals surface area (Å²) in [5.41, 5.74) is 5.44. The number of nitrogens with zero attached hydrogens (tertiary/aromatic N) is 1. The standard InChI is InChI=1S/C29H34BNO2/c1-6-20(3)18-32-28-12-11-24(16-29(28)33-19-21(4)7-2)25-13-23(17-30)14-26(15-25)27-10-8-9-22(5)31-27/h5,8-16,20-21H,6-7,17-19H2,1-4H3. The molecule has 0 aliphatic carbocycles. The van der Waals surface area contributed by atoms with Gasteiger partial charge in [-0.1, -0.05) is 76.7 Å². The van der Waals surface area contributed by atoms with E-state index in [0.29, 0.717) is 37.1 Å². The van der Waals surface area contributed by atoms with Crippen LogP contribution < -0.4 is 9.47 Å². The second-order valence-corrected chi connectivity index (χ2v) is 8.88. The summed E-state index contributed by atoms with van der Waals surface area (Å²) in [6.07, 6.45) is 2.59. The Bertz CT molecular complexity index is 1050. The molecule has 0 aliphatic heterocycles. The van der Waals surface area contributed by atoms with Crippen LogP contribution in [0.1, 0.15) is 51.8 Å². The third kappa shape index (κ3) is 6.87. The topological polar surface area (TPSA) is 31.4 Å². The molecule has 4 heteroatoms. The highest BCUT2D eigenvalue weighted by Gasteiger charge is 2.13. The monoisotopic (exact) mass is 439 g/mol. The minimum absolute atomic E-state index is 0.441. The van der Waals surface area contributed by atoms with Gasteiger partial charge in [0.2, 0.25) is 0 Å². The van der Waals surface area contributed by atoms with Crippen molar-refractivity contribution in [3.05, 3.63) is 72.8 Å². The summed E-state index contributed by atoms with van der Waals surface area (Å²) < 4.78 is 12.4. The highest BCUT2D eigenvalue weighted by atomic mass is 16.5. The van der Waals surface area contributed by atoms with Gasteiger partial charge in [0.05, 0.1) is 26.8 Å². The second-order valence-electron chi connectivity index (χ2n) is 8.88. The Labute approximate surface area is 201 Å². The molecule has 3 nitrogen and oxygen atoms in total. The fourth-order valence-electron chi connectivity index (χ4n) is 3.36. The van der Waals surface area contributed by atoms with E-state index in [2.05, 4.69) is 63.0 Å². The maximum atomic E-state index is 6.23. The first-order valence-electron chi connectivity index (χ1n) is 11.9. The van der Waals surface area contributed by atoms with E-state index in [0.717, 1.165) is 52.3 Å². The summed E-state index contributed by atoms with van der Waals surface area (Å²) >= 11 is 0. The quantitative estimate of drug-likeness (QED) is 0.302. The van der Waals surface area contributed by atoms with Crippen LogP contribution in [0.25, 0.3) is 22.4 Å². The van der Waals surface area contributed by atoms with Crippen molar-refractivity contribution in [2.75, 3.05) is 13.2 Å². The molecule has 1 heterocycles. The Morgan fingerprint density at radius 1 is 0.818 bits per heavy atom. The molecule has 2 unspecified atom stereocenters. The van der Waals surface area contributed by atoms with Gasteiger partial charge in [0.25, 0.3) is 0 Å². The van der Waals surface area contributed by atoms with E-state index >= 15 is 0 Å². The summed E-state index contributed by atoms with van der Waals surface area (Å²) in [7, 11) is 6.02. The molecule has 170 valence electrons. The molecule has 3 aromatic rings. The maximum absolute atomic E-state index is 6.23. The fraction of sp³-hybridized carbons (Fsp3) is 0.379. The summed E-state index contributed by atoms with van der Waals surface area (Å²) in [5, 5.41) is 0. The first kappa shape index (κ1) is 24.9. The van der Waals surface area contributed by atoms with Crippen molar-refractivity contribution in [3.63, 3.8) is 0 Å². The molecule has 0 bridgehead atoms. The predicted molar refractivity (Wildman–Crippen MR) is 138 cm³/mol. The van der Waals surface area contributed by atoms with E-state index < -0.39 is 0 Å². The SMILES string of the molecule is [B]Cc1cc(-c2ccc(OCC(C)CC)c(OCC(C)CC)c2)cc(-c2cccc([CH])n2)c1. The van der Waals surface area contributed by atoms with Crippen molar-refractivity contribution < 1.29 is 9.47 Å². The molecular weight excluding hydrogens is 405 g/mol. The Kier molecular flexibility index (Phi) is 8.99. The van der Waals surface area contributed by atoms with E-state index in [9.17, 15) is 0 Å². The van der Waals surface area contributed by atoms with Crippen LogP contribution in [-0.2, 0) is 6.32 Å². The molecular formula is C29H34BNO2. The first-order chi connectivity index (χ1) is 15.9. The average Bonchev–Trinajstić information content (AvgIpc) is 2.85. The van der Waals surface area contributed by atoms with Gasteiger partial charge in [0.15, 0.2) is 11.5 Å². The predicted octanol–water partition coefficient (Wildman–Crippen LogP) is 6.99. The number of benzene rings is 2. The molecule has 0 amide bonds. The molecule has 2 atom stereocenters. The third-order valence-corrected chi connectivity index (χ3v) is 6.01. The molecule has 33 heavy (non-hydrogen) atoms. The zero-order valence-corrected chi connectivity index (χ0v) is 20.3. The number of hydrogen-bond donors (Lipinski definition) is 0. The normalized spacial score (nSPS) is 12.9. The van der Waals surface area contributed by atoms with Crippen LogP contribution in [0.5, 0.6) is 11.5 Å². The Balaban J connectivity index is 1.99. The van der Waals surface area contributed by atoms with Crippen LogP contribution in [0.4, 0.5) is 0 Å². The lowest BCUT2D eigenvalue weighted by atomic mass is 9.91. The molecule has 0 saturated carbocycles. The smallest absolute Gasteiger partial charge is 0.161 e. The van der Waals surface area contributed by atoms with E-state index in [-0.39, 0.29) is 0 Å². The lowest BCUT2D eigenvalue weighted by molar-refractivity contribution is 0.218. The highest BCUT2D eigenvalue weighted by Crippen LogP contribution is 2.35. The number of rotatable bonds is 11. The highest BCUT2D eigenvalue weighted by molar-refractivity contribution is 6.08. The summed E-state index contributed by atoms with van der Waals surface area (Å²) in [6.45, 7) is 16.0. The average molecular weight is 439 g/mol. The van der Waals surface area contributed by atoms with Gasteiger partial charge in [0, 0.05) is 18.2 Å². The van der Waals surface area contributed by atoms with Crippen molar-refractivity contribution in [1.29, 1.82) is 0 Å². The van der Waals surface area contributed by atoms with Crippen molar-refractivity contribution in [2.45, 2.75) is 46.9 Å². The van der Waals surface area contributed by atoms with Crippen LogP contribution in [0.2, 0.25) is 0 Å². The zero-order valence-electron chi connectivity index (χ0n) is 20.3. The fourth-order valence-corrected chi connectivity index (χ4v) is 3.36. The molecule has 0 fully saturated rings. The number of aromatic nitrogens is 1. The van der Waals surface area contributed by atoms with Gasteiger partial charge in [-0.25, -0.2) is 0 Å².